The standard InChI is InChI=1S/C17H26N2O2/c1-4-11-18-16-6-5-12-19(17(16)20)14-7-9-15(10-8-14)21-13(2)3/h7-10,13,16,18H,4-6,11-12H2,1-3H3. The molecular formula is C17H26N2O2. The first kappa shape index (κ1) is 15.8. The van der Waals surface area contributed by atoms with Gasteiger partial charge in [0.1, 0.15) is 5.75 Å². The molecule has 1 aliphatic heterocycles. The van der Waals surface area contributed by atoms with Crippen molar-refractivity contribution in [3.8, 4) is 5.75 Å². The van der Waals surface area contributed by atoms with Crippen LogP contribution in [0.5, 0.6) is 5.75 Å². The summed E-state index contributed by atoms with van der Waals surface area (Å²) in [4.78, 5) is 14.4. The minimum absolute atomic E-state index is 0.0368. The van der Waals surface area contributed by atoms with Gasteiger partial charge in [-0.25, -0.2) is 0 Å². The van der Waals surface area contributed by atoms with E-state index in [9.17, 15) is 4.79 Å². The lowest BCUT2D eigenvalue weighted by Gasteiger charge is -2.33. The van der Waals surface area contributed by atoms with Gasteiger partial charge in [-0.2, -0.15) is 0 Å². The maximum absolute atomic E-state index is 12.5. The molecule has 1 heterocycles. The minimum Gasteiger partial charge on any atom is -0.491 e. The van der Waals surface area contributed by atoms with Crippen molar-refractivity contribution in [2.45, 2.75) is 52.2 Å². The summed E-state index contributed by atoms with van der Waals surface area (Å²) in [5.41, 5.74) is 0.958. The highest BCUT2D eigenvalue weighted by Crippen LogP contribution is 2.24. The number of amides is 1. The Bertz CT molecular complexity index is 456. The van der Waals surface area contributed by atoms with Crippen LogP contribution in [0.25, 0.3) is 0 Å². The lowest BCUT2D eigenvalue weighted by molar-refractivity contribution is -0.121. The molecule has 21 heavy (non-hydrogen) atoms. The monoisotopic (exact) mass is 290 g/mol. The molecular weight excluding hydrogens is 264 g/mol. The highest BCUT2D eigenvalue weighted by molar-refractivity contribution is 5.97. The fourth-order valence-corrected chi connectivity index (χ4v) is 2.62. The van der Waals surface area contributed by atoms with Crippen molar-refractivity contribution >= 4 is 11.6 Å². The molecule has 4 heteroatoms. The molecule has 1 aromatic rings. The van der Waals surface area contributed by atoms with Gasteiger partial charge in [-0.15, -0.1) is 0 Å². The quantitative estimate of drug-likeness (QED) is 0.876. The summed E-state index contributed by atoms with van der Waals surface area (Å²) >= 11 is 0. The second-order valence-electron chi connectivity index (χ2n) is 5.80. The zero-order chi connectivity index (χ0) is 15.2. The van der Waals surface area contributed by atoms with E-state index in [1.807, 2.05) is 43.0 Å². The van der Waals surface area contributed by atoms with Crippen LogP contribution >= 0.6 is 0 Å². The van der Waals surface area contributed by atoms with E-state index in [1.54, 1.807) is 0 Å². The second-order valence-corrected chi connectivity index (χ2v) is 5.80. The summed E-state index contributed by atoms with van der Waals surface area (Å²) in [5, 5.41) is 3.34. The van der Waals surface area contributed by atoms with Crippen molar-refractivity contribution in [1.82, 2.24) is 5.32 Å². The number of nitrogens with one attached hydrogen (secondary N) is 1. The first-order valence-electron chi connectivity index (χ1n) is 7.93. The van der Waals surface area contributed by atoms with Crippen molar-refractivity contribution in [2.24, 2.45) is 0 Å². The highest BCUT2D eigenvalue weighted by atomic mass is 16.5. The Kier molecular flexibility index (Phi) is 5.62. The van der Waals surface area contributed by atoms with Gasteiger partial charge in [0, 0.05) is 12.2 Å². The molecule has 1 atom stereocenters. The van der Waals surface area contributed by atoms with Crippen molar-refractivity contribution in [2.75, 3.05) is 18.0 Å². The molecule has 2 rings (SSSR count). The molecule has 0 aliphatic carbocycles. The summed E-state index contributed by atoms with van der Waals surface area (Å²) in [7, 11) is 0. The summed E-state index contributed by atoms with van der Waals surface area (Å²) < 4.78 is 5.64. The minimum atomic E-state index is -0.0368. The van der Waals surface area contributed by atoms with Crippen molar-refractivity contribution in [3.05, 3.63) is 24.3 Å². The number of nitrogens with zero attached hydrogens (tertiary/aromatic N) is 1. The molecule has 0 spiro atoms. The van der Waals surface area contributed by atoms with E-state index in [-0.39, 0.29) is 18.1 Å². The van der Waals surface area contributed by atoms with Gasteiger partial charge < -0.3 is 15.0 Å². The number of benzene rings is 1. The first-order valence-corrected chi connectivity index (χ1v) is 7.93. The lowest BCUT2D eigenvalue weighted by atomic mass is 10.0. The summed E-state index contributed by atoms with van der Waals surface area (Å²) in [6.45, 7) is 7.82. The van der Waals surface area contributed by atoms with Crippen LogP contribution in [0.2, 0.25) is 0 Å². The first-order chi connectivity index (χ1) is 10.1. The number of hydrogen-bond donors (Lipinski definition) is 1. The topological polar surface area (TPSA) is 41.6 Å². The van der Waals surface area contributed by atoms with Gasteiger partial charge in [0.2, 0.25) is 5.91 Å². The largest absolute Gasteiger partial charge is 0.491 e. The van der Waals surface area contributed by atoms with E-state index < -0.39 is 0 Å². The third-order valence-corrected chi connectivity index (χ3v) is 3.60. The normalized spacial score (nSPS) is 19.1. The fourth-order valence-electron chi connectivity index (χ4n) is 2.62. The average Bonchev–Trinajstić information content (AvgIpc) is 2.47. The Labute approximate surface area is 127 Å². The van der Waals surface area contributed by atoms with E-state index >= 15 is 0 Å². The highest BCUT2D eigenvalue weighted by Gasteiger charge is 2.28. The molecule has 0 radical (unpaired) electrons. The van der Waals surface area contributed by atoms with E-state index in [0.717, 1.165) is 43.8 Å². The maximum atomic E-state index is 12.5. The molecule has 4 nitrogen and oxygen atoms in total. The van der Waals surface area contributed by atoms with Gasteiger partial charge >= 0.3 is 0 Å². The third-order valence-electron chi connectivity index (χ3n) is 3.60. The van der Waals surface area contributed by atoms with Crippen molar-refractivity contribution < 1.29 is 9.53 Å². The van der Waals surface area contributed by atoms with E-state index in [1.165, 1.54) is 0 Å². The van der Waals surface area contributed by atoms with Crippen LogP contribution < -0.4 is 15.0 Å². The number of ether oxygens (including phenoxy) is 1. The van der Waals surface area contributed by atoms with E-state index in [4.69, 9.17) is 4.74 Å². The molecule has 1 saturated heterocycles. The Balaban J connectivity index is 2.04. The lowest BCUT2D eigenvalue weighted by Crippen LogP contribution is -2.51. The molecule has 1 amide bonds. The van der Waals surface area contributed by atoms with Gasteiger partial charge in [0.05, 0.1) is 12.1 Å². The Morgan fingerprint density at radius 2 is 2.05 bits per heavy atom. The molecule has 0 aromatic heterocycles. The number of rotatable bonds is 6. The van der Waals surface area contributed by atoms with Crippen LogP contribution in [-0.4, -0.2) is 31.1 Å². The Morgan fingerprint density at radius 3 is 2.67 bits per heavy atom. The summed E-state index contributed by atoms with van der Waals surface area (Å²) in [6, 6.07) is 7.78. The zero-order valence-electron chi connectivity index (χ0n) is 13.3. The van der Waals surface area contributed by atoms with Gasteiger partial charge in [0.25, 0.3) is 0 Å². The number of carbonyl (C=O) groups is 1. The average molecular weight is 290 g/mol. The molecule has 116 valence electrons. The van der Waals surface area contributed by atoms with Crippen LogP contribution in [0.3, 0.4) is 0 Å². The third kappa shape index (κ3) is 4.21. The van der Waals surface area contributed by atoms with Gasteiger partial charge in [0.15, 0.2) is 0 Å². The number of piperidine rings is 1. The summed E-state index contributed by atoms with van der Waals surface area (Å²) in [5.74, 6) is 1.03. The predicted molar refractivity (Wildman–Crippen MR) is 85.9 cm³/mol. The number of anilines is 1. The predicted octanol–water partition coefficient (Wildman–Crippen LogP) is 2.97. The number of hydrogen-bond acceptors (Lipinski definition) is 3. The SMILES string of the molecule is CCCNC1CCCN(c2ccc(OC(C)C)cc2)C1=O. The van der Waals surface area contributed by atoms with Crippen LogP contribution in [0.15, 0.2) is 24.3 Å². The molecule has 0 saturated carbocycles. The fraction of sp³-hybridized carbons (Fsp3) is 0.588. The smallest absolute Gasteiger partial charge is 0.244 e. The zero-order valence-corrected chi connectivity index (χ0v) is 13.3. The second kappa shape index (κ2) is 7.46. The van der Waals surface area contributed by atoms with Gasteiger partial charge in [-0.05, 0) is 63.9 Å². The van der Waals surface area contributed by atoms with Crippen LogP contribution in [0.1, 0.15) is 40.0 Å². The van der Waals surface area contributed by atoms with Crippen LogP contribution in [-0.2, 0) is 4.79 Å². The molecule has 0 bridgehead atoms. The van der Waals surface area contributed by atoms with Crippen molar-refractivity contribution in [3.63, 3.8) is 0 Å². The Hall–Kier alpha value is -1.55. The molecule has 1 N–H and O–H groups in total. The van der Waals surface area contributed by atoms with E-state index in [0.29, 0.717) is 0 Å². The maximum Gasteiger partial charge on any atom is 0.244 e. The van der Waals surface area contributed by atoms with Crippen molar-refractivity contribution in [1.29, 1.82) is 0 Å². The van der Waals surface area contributed by atoms with Crippen LogP contribution in [0, 0.1) is 0 Å². The van der Waals surface area contributed by atoms with Gasteiger partial charge in [-0.3, -0.25) is 4.79 Å². The number of carbonyl (C=O) groups excluding carboxylic acids is 1. The molecule has 1 aromatic carbocycles. The summed E-state index contributed by atoms with van der Waals surface area (Å²) in [6.07, 6.45) is 3.18. The molecule has 1 fully saturated rings. The van der Waals surface area contributed by atoms with E-state index in [2.05, 4.69) is 12.2 Å². The molecule has 1 unspecified atom stereocenters. The molecule has 1 aliphatic rings. The van der Waals surface area contributed by atoms with Gasteiger partial charge in [-0.1, -0.05) is 6.92 Å². The van der Waals surface area contributed by atoms with Crippen LogP contribution in [0.4, 0.5) is 5.69 Å². The Morgan fingerprint density at radius 1 is 1.33 bits per heavy atom.